The van der Waals surface area contributed by atoms with Crippen molar-refractivity contribution in [3.63, 3.8) is 0 Å². The molecule has 0 amide bonds. The van der Waals surface area contributed by atoms with Gasteiger partial charge in [-0.25, -0.2) is 4.98 Å². The molecule has 2 heterocycles. The average Bonchev–Trinajstić information content (AvgIpc) is 2.65. The van der Waals surface area contributed by atoms with Crippen LogP contribution >= 0.6 is 0 Å². The van der Waals surface area contributed by atoms with E-state index in [9.17, 15) is 0 Å². The summed E-state index contributed by atoms with van der Waals surface area (Å²) in [6.07, 6.45) is 1.94. The van der Waals surface area contributed by atoms with Crippen LogP contribution in [0, 0.1) is 6.92 Å². The molecule has 0 saturated heterocycles. The number of nitrogens with two attached hydrogens (primary N) is 1. The van der Waals surface area contributed by atoms with E-state index in [-0.39, 0.29) is 0 Å². The largest absolute Gasteiger partial charge is 0.396 e. The second-order valence-corrected chi connectivity index (χ2v) is 4.77. The minimum Gasteiger partial charge on any atom is -0.396 e. The Bertz CT molecular complexity index is 557. The summed E-state index contributed by atoms with van der Waals surface area (Å²) in [5.41, 5.74) is 9.46. The third kappa shape index (κ3) is 2.45. The molecule has 0 unspecified atom stereocenters. The average molecular weight is 245 g/mol. The highest BCUT2D eigenvalue weighted by Gasteiger charge is 2.13. The van der Waals surface area contributed by atoms with Gasteiger partial charge in [-0.2, -0.15) is 5.10 Å². The molecular weight excluding hydrogens is 226 g/mol. The fraction of sp³-hybridized carbons (Fsp3) is 0.385. The van der Waals surface area contributed by atoms with Crippen molar-refractivity contribution < 1.29 is 0 Å². The summed E-state index contributed by atoms with van der Waals surface area (Å²) in [6.45, 7) is 6.16. The molecular formula is C13H19N5. The normalized spacial score (nSPS) is 10.9. The Morgan fingerprint density at radius 3 is 2.72 bits per heavy atom. The minimum atomic E-state index is 0.347. The van der Waals surface area contributed by atoms with E-state index in [1.807, 2.05) is 32.3 Å². The zero-order valence-corrected chi connectivity index (χ0v) is 11.2. The first-order chi connectivity index (χ1) is 8.47. The van der Waals surface area contributed by atoms with Crippen LogP contribution in [0.25, 0.3) is 0 Å². The van der Waals surface area contributed by atoms with Crippen molar-refractivity contribution in [1.29, 1.82) is 0 Å². The van der Waals surface area contributed by atoms with Gasteiger partial charge in [0.1, 0.15) is 0 Å². The number of nitrogen functional groups attached to an aromatic ring is 1. The van der Waals surface area contributed by atoms with Crippen LogP contribution < -0.4 is 11.1 Å². The molecule has 0 fully saturated rings. The molecule has 96 valence electrons. The van der Waals surface area contributed by atoms with E-state index in [0.717, 1.165) is 17.1 Å². The Morgan fingerprint density at radius 1 is 1.33 bits per heavy atom. The van der Waals surface area contributed by atoms with Gasteiger partial charge in [0.25, 0.3) is 0 Å². The van der Waals surface area contributed by atoms with E-state index in [4.69, 9.17) is 5.73 Å². The summed E-state index contributed by atoms with van der Waals surface area (Å²) >= 11 is 0. The highest BCUT2D eigenvalue weighted by molar-refractivity contribution is 5.69. The van der Waals surface area contributed by atoms with Crippen LogP contribution in [0.1, 0.15) is 31.2 Å². The lowest BCUT2D eigenvalue weighted by Gasteiger charge is -2.10. The van der Waals surface area contributed by atoms with Crippen molar-refractivity contribution in [3.8, 4) is 0 Å². The molecule has 2 aromatic rings. The smallest absolute Gasteiger partial charge is 0.153 e. The molecule has 0 radical (unpaired) electrons. The molecule has 2 aromatic heterocycles. The van der Waals surface area contributed by atoms with E-state index in [1.165, 1.54) is 0 Å². The van der Waals surface area contributed by atoms with Crippen molar-refractivity contribution in [3.05, 3.63) is 29.7 Å². The molecule has 0 saturated carbocycles. The van der Waals surface area contributed by atoms with Crippen LogP contribution in [0.2, 0.25) is 0 Å². The second-order valence-electron chi connectivity index (χ2n) is 4.77. The first-order valence-corrected chi connectivity index (χ1v) is 6.01. The lowest BCUT2D eigenvalue weighted by atomic mass is 10.1. The zero-order chi connectivity index (χ0) is 13.3. The predicted molar refractivity (Wildman–Crippen MR) is 74.0 cm³/mol. The summed E-state index contributed by atoms with van der Waals surface area (Å²) in [5.74, 6) is 1.03. The Kier molecular flexibility index (Phi) is 3.23. The summed E-state index contributed by atoms with van der Waals surface area (Å²) in [4.78, 5) is 4.40. The lowest BCUT2D eigenvalue weighted by Crippen LogP contribution is -2.02. The molecule has 0 atom stereocenters. The molecule has 0 aliphatic carbocycles. The number of nitrogens with one attached hydrogen (secondary N) is 1. The predicted octanol–water partition coefficient (Wildman–Crippen LogP) is 2.57. The van der Waals surface area contributed by atoms with Gasteiger partial charge in [0.05, 0.1) is 17.1 Å². The monoisotopic (exact) mass is 245 g/mol. The van der Waals surface area contributed by atoms with Crippen LogP contribution in [0.4, 0.5) is 17.2 Å². The number of pyridine rings is 1. The standard InChI is InChI=1S/C13H19N5/c1-8(2)12-11(7-18(4)17-12)16-13-10(14)6-5-9(3)15-13/h5-8H,14H2,1-4H3,(H,15,16). The van der Waals surface area contributed by atoms with Gasteiger partial charge in [-0.05, 0) is 25.0 Å². The van der Waals surface area contributed by atoms with Gasteiger partial charge < -0.3 is 11.1 Å². The molecule has 2 rings (SSSR count). The zero-order valence-electron chi connectivity index (χ0n) is 11.2. The van der Waals surface area contributed by atoms with Gasteiger partial charge in [-0.15, -0.1) is 0 Å². The highest BCUT2D eigenvalue weighted by Crippen LogP contribution is 2.27. The Labute approximate surface area is 107 Å². The number of hydrogen-bond acceptors (Lipinski definition) is 4. The Hall–Kier alpha value is -2.04. The van der Waals surface area contributed by atoms with E-state index in [2.05, 4.69) is 29.2 Å². The van der Waals surface area contributed by atoms with Gasteiger partial charge in [0.15, 0.2) is 5.82 Å². The molecule has 0 aliphatic heterocycles. The van der Waals surface area contributed by atoms with E-state index < -0.39 is 0 Å². The quantitative estimate of drug-likeness (QED) is 0.872. The molecule has 0 aliphatic rings. The van der Waals surface area contributed by atoms with Gasteiger partial charge in [0.2, 0.25) is 0 Å². The van der Waals surface area contributed by atoms with Crippen molar-refractivity contribution >= 4 is 17.2 Å². The van der Waals surface area contributed by atoms with Gasteiger partial charge >= 0.3 is 0 Å². The number of anilines is 3. The number of aryl methyl sites for hydroxylation is 2. The first kappa shape index (κ1) is 12.4. The molecule has 5 heteroatoms. The van der Waals surface area contributed by atoms with Crippen molar-refractivity contribution in [1.82, 2.24) is 14.8 Å². The molecule has 0 aromatic carbocycles. The highest BCUT2D eigenvalue weighted by atomic mass is 15.3. The number of rotatable bonds is 3. The Morgan fingerprint density at radius 2 is 2.06 bits per heavy atom. The maximum Gasteiger partial charge on any atom is 0.153 e. The maximum absolute atomic E-state index is 5.92. The Balaban J connectivity index is 2.36. The van der Waals surface area contributed by atoms with Crippen LogP contribution in [0.5, 0.6) is 0 Å². The number of hydrogen-bond donors (Lipinski definition) is 2. The summed E-state index contributed by atoms with van der Waals surface area (Å²) in [7, 11) is 1.91. The SMILES string of the molecule is Cc1ccc(N)c(Nc2cn(C)nc2C(C)C)n1. The molecule has 5 nitrogen and oxygen atoms in total. The van der Waals surface area contributed by atoms with Gasteiger partial charge in [0, 0.05) is 18.9 Å². The molecule has 3 N–H and O–H groups in total. The number of nitrogens with zero attached hydrogens (tertiary/aromatic N) is 3. The second kappa shape index (κ2) is 4.68. The molecule has 0 spiro atoms. The van der Waals surface area contributed by atoms with E-state index in [1.54, 1.807) is 4.68 Å². The van der Waals surface area contributed by atoms with Crippen LogP contribution in [0.3, 0.4) is 0 Å². The van der Waals surface area contributed by atoms with Crippen LogP contribution in [-0.4, -0.2) is 14.8 Å². The first-order valence-electron chi connectivity index (χ1n) is 6.01. The van der Waals surface area contributed by atoms with Crippen LogP contribution in [-0.2, 0) is 7.05 Å². The maximum atomic E-state index is 5.92. The van der Waals surface area contributed by atoms with E-state index >= 15 is 0 Å². The number of aromatic nitrogens is 3. The summed E-state index contributed by atoms with van der Waals surface area (Å²) in [5, 5.41) is 7.71. The van der Waals surface area contributed by atoms with Crippen molar-refractivity contribution in [2.24, 2.45) is 7.05 Å². The van der Waals surface area contributed by atoms with Crippen molar-refractivity contribution in [2.75, 3.05) is 11.1 Å². The third-order valence-corrected chi connectivity index (χ3v) is 2.72. The summed E-state index contributed by atoms with van der Waals surface area (Å²) < 4.78 is 1.80. The fourth-order valence-electron chi connectivity index (χ4n) is 1.82. The third-order valence-electron chi connectivity index (χ3n) is 2.72. The molecule has 18 heavy (non-hydrogen) atoms. The topological polar surface area (TPSA) is 68.8 Å². The fourth-order valence-corrected chi connectivity index (χ4v) is 1.82. The van der Waals surface area contributed by atoms with Crippen LogP contribution in [0.15, 0.2) is 18.3 Å². The summed E-state index contributed by atoms with van der Waals surface area (Å²) in [6, 6.07) is 3.75. The van der Waals surface area contributed by atoms with Crippen molar-refractivity contribution in [2.45, 2.75) is 26.7 Å². The van der Waals surface area contributed by atoms with Gasteiger partial charge in [-0.3, -0.25) is 4.68 Å². The lowest BCUT2D eigenvalue weighted by molar-refractivity contribution is 0.713. The minimum absolute atomic E-state index is 0.347. The van der Waals surface area contributed by atoms with E-state index in [0.29, 0.717) is 17.4 Å². The molecule has 0 bridgehead atoms. The van der Waals surface area contributed by atoms with Gasteiger partial charge in [-0.1, -0.05) is 13.8 Å².